The van der Waals surface area contributed by atoms with E-state index in [1.165, 1.54) is 4.31 Å². The fraction of sp³-hybridized carbons (Fsp3) is 0.538. The predicted octanol–water partition coefficient (Wildman–Crippen LogP) is 1.19. The Hall–Kier alpha value is -1.05. The Morgan fingerprint density at radius 1 is 1.20 bits per heavy atom. The fourth-order valence-electron chi connectivity index (χ4n) is 3.04. The van der Waals surface area contributed by atoms with Gasteiger partial charge in [0.05, 0.1) is 0 Å². The van der Waals surface area contributed by atoms with Gasteiger partial charge in [-0.1, -0.05) is 0 Å². The van der Waals surface area contributed by atoms with Crippen LogP contribution in [0, 0.1) is 23.5 Å². The quantitative estimate of drug-likeness (QED) is 0.893. The molecule has 0 aliphatic carbocycles. The molecule has 2 aliphatic rings. The minimum absolute atomic E-state index is 0.280. The number of benzene rings is 1. The lowest BCUT2D eigenvalue weighted by Gasteiger charge is -2.33. The van der Waals surface area contributed by atoms with E-state index in [9.17, 15) is 17.2 Å². The monoisotopic (exact) mass is 302 g/mol. The predicted molar refractivity (Wildman–Crippen MR) is 69.6 cm³/mol. The highest BCUT2D eigenvalue weighted by atomic mass is 32.2. The van der Waals surface area contributed by atoms with Gasteiger partial charge in [0, 0.05) is 19.2 Å². The molecule has 0 amide bonds. The van der Waals surface area contributed by atoms with Gasteiger partial charge in [-0.2, -0.15) is 4.31 Å². The van der Waals surface area contributed by atoms with Crippen LogP contribution >= 0.6 is 0 Å². The molecule has 2 unspecified atom stereocenters. The summed E-state index contributed by atoms with van der Waals surface area (Å²) in [5.41, 5.74) is 0. The molecule has 2 heterocycles. The molecule has 0 aromatic heterocycles. The molecule has 20 heavy (non-hydrogen) atoms. The average molecular weight is 302 g/mol. The van der Waals surface area contributed by atoms with E-state index in [0.717, 1.165) is 31.6 Å². The molecule has 1 N–H and O–H groups in total. The lowest BCUT2D eigenvalue weighted by Crippen LogP contribution is -2.43. The van der Waals surface area contributed by atoms with E-state index in [2.05, 4.69) is 5.32 Å². The lowest BCUT2D eigenvalue weighted by atomic mass is 9.90. The Morgan fingerprint density at radius 2 is 1.95 bits per heavy atom. The molecule has 0 radical (unpaired) electrons. The van der Waals surface area contributed by atoms with E-state index in [-0.39, 0.29) is 5.92 Å². The minimum atomic E-state index is -3.88. The van der Waals surface area contributed by atoms with Crippen LogP contribution in [0.1, 0.15) is 6.42 Å². The number of nitrogens with zero attached hydrogens (tertiary/aromatic N) is 1. The normalized spacial score (nSPS) is 27.5. The molecule has 7 heteroatoms. The first-order chi connectivity index (χ1) is 9.48. The third-order valence-electron chi connectivity index (χ3n) is 4.18. The third kappa shape index (κ3) is 2.34. The van der Waals surface area contributed by atoms with Crippen molar-refractivity contribution in [3.05, 3.63) is 29.8 Å². The van der Waals surface area contributed by atoms with E-state index >= 15 is 0 Å². The zero-order valence-electron chi connectivity index (χ0n) is 10.9. The number of sulfonamides is 1. The van der Waals surface area contributed by atoms with Gasteiger partial charge in [-0.3, -0.25) is 0 Å². The number of piperidine rings is 1. The molecule has 2 aliphatic heterocycles. The van der Waals surface area contributed by atoms with E-state index in [1.807, 2.05) is 0 Å². The first-order valence-electron chi connectivity index (χ1n) is 6.64. The largest absolute Gasteiger partial charge is 0.316 e. The van der Waals surface area contributed by atoms with E-state index in [4.69, 9.17) is 0 Å². The summed E-state index contributed by atoms with van der Waals surface area (Å²) in [6.07, 6.45) is 0.777. The molecule has 1 aromatic rings. The number of rotatable bonds is 2. The number of hydrogen-bond acceptors (Lipinski definition) is 3. The van der Waals surface area contributed by atoms with E-state index in [0.29, 0.717) is 25.1 Å². The summed E-state index contributed by atoms with van der Waals surface area (Å²) < 4.78 is 52.8. The molecular formula is C13H16F2N2O2S. The van der Waals surface area contributed by atoms with Crippen molar-refractivity contribution in [2.75, 3.05) is 26.2 Å². The maximum absolute atomic E-state index is 13.7. The zero-order valence-corrected chi connectivity index (χ0v) is 11.7. The number of hydrogen-bond donors (Lipinski definition) is 1. The SMILES string of the molecule is O=S(=O)(c1ccc(F)cc1F)N1CCC2CNCC2C1. The Morgan fingerprint density at radius 3 is 2.70 bits per heavy atom. The molecule has 110 valence electrons. The van der Waals surface area contributed by atoms with Crippen molar-refractivity contribution < 1.29 is 17.2 Å². The molecule has 1 aromatic carbocycles. The van der Waals surface area contributed by atoms with Crippen molar-refractivity contribution in [3.8, 4) is 0 Å². The Labute approximate surface area is 116 Å². The number of halogens is 2. The van der Waals surface area contributed by atoms with Crippen LogP contribution < -0.4 is 5.32 Å². The molecule has 4 nitrogen and oxygen atoms in total. The molecule has 0 saturated carbocycles. The Kier molecular flexibility index (Phi) is 3.51. The smallest absolute Gasteiger partial charge is 0.245 e. The van der Waals surface area contributed by atoms with Gasteiger partial charge >= 0.3 is 0 Å². The maximum Gasteiger partial charge on any atom is 0.245 e. The second kappa shape index (κ2) is 5.05. The highest BCUT2D eigenvalue weighted by Gasteiger charge is 2.38. The van der Waals surface area contributed by atoms with Crippen LogP contribution in [0.3, 0.4) is 0 Å². The van der Waals surface area contributed by atoms with Crippen molar-refractivity contribution in [2.24, 2.45) is 11.8 Å². The fourth-order valence-corrected chi connectivity index (χ4v) is 4.60. The van der Waals surface area contributed by atoms with Crippen LogP contribution in [0.4, 0.5) is 8.78 Å². The summed E-state index contributed by atoms with van der Waals surface area (Å²) in [7, 11) is -3.88. The number of fused-ring (bicyclic) bond motifs is 1. The van der Waals surface area contributed by atoms with Crippen LogP contribution in [0.15, 0.2) is 23.1 Å². The van der Waals surface area contributed by atoms with Gasteiger partial charge in [0.15, 0.2) is 0 Å². The molecule has 3 rings (SSSR count). The lowest BCUT2D eigenvalue weighted by molar-refractivity contribution is 0.227. The maximum atomic E-state index is 13.7. The van der Waals surface area contributed by atoms with Crippen LogP contribution in [0.25, 0.3) is 0 Å². The standard InChI is InChI=1S/C13H16F2N2O2S/c14-11-1-2-13(12(15)5-11)20(18,19)17-4-3-9-6-16-7-10(9)8-17/h1-2,5,9-10,16H,3-4,6-8H2. The van der Waals surface area contributed by atoms with Gasteiger partial charge in [0.25, 0.3) is 0 Å². The summed E-state index contributed by atoms with van der Waals surface area (Å²) >= 11 is 0. The van der Waals surface area contributed by atoms with Crippen LogP contribution in [-0.4, -0.2) is 38.9 Å². The van der Waals surface area contributed by atoms with E-state index in [1.54, 1.807) is 0 Å². The molecule has 2 saturated heterocycles. The summed E-state index contributed by atoms with van der Waals surface area (Å²) in [6, 6.07) is 2.58. The first-order valence-corrected chi connectivity index (χ1v) is 8.08. The Bertz CT molecular complexity index is 621. The second-order valence-electron chi connectivity index (χ2n) is 5.40. The molecular weight excluding hydrogens is 286 g/mol. The van der Waals surface area contributed by atoms with E-state index < -0.39 is 26.6 Å². The molecule has 0 spiro atoms. The summed E-state index contributed by atoms with van der Waals surface area (Å²) in [5, 5.41) is 3.25. The van der Waals surface area contributed by atoms with Gasteiger partial charge in [0.1, 0.15) is 16.5 Å². The zero-order chi connectivity index (χ0) is 14.3. The van der Waals surface area contributed by atoms with Crippen LogP contribution in [-0.2, 0) is 10.0 Å². The summed E-state index contributed by atoms with van der Waals surface area (Å²) in [4.78, 5) is -0.441. The Balaban J connectivity index is 1.88. The topological polar surface area (TPSA) is 49.4 Å². The van der Waals surface area contributed by atoms with Crippen molar-refractivity contribution in [2.45, 2.75) is 11.3 Å². The van der Waals surface area contributed by atoms with Crippen LogP contribution in [0.5, 0.6) is 0 Å². The van der Waals surface area contributed by atoms with Gasteiger partial charge in [-0.15, -0.1) is 0 Å². The van der Waals surface area contributed by atoms with Gasteiger partial charge in [0.2, 0.25) is 10.0 Å². The molecule has 2 atom stereocenters. The highest BCUT2D eigenvalue weighted by molar-refractivity contribution is 7.89. The summed E-state index contributed by atoms with van der Waals surface area (Å²) in [5.74, 6) is -1.03. The van der Waals surface area contributed by atoms with Crippen molar-refractivity contribution >= 4 is 10.0 Å². The van der Waals surface area contributed by atoms with Crippen molar-refractivity contribution in [1.29, 1.82) is 0 Å². The summed E-state index contributed by atoms with van der Waals surface area (Å²) in [6.45, 7) is 2.50. The molecule has 2 fully saturated rings. The minimum Gasteiger partial charge on any atom is -0.316 e. The van der Waals surface area contributed by atoms with Gasteiger partial charge < -0.3 is 5.32 Å². The average Bonchev–Trinajstić information content (AvgIpc) is 2.85. The van der Waals surface area contributed by atoms with Gasteiger partial charge in [-0.25, -0.2) is 17.2 Å². The first kappa shape index (κ1) is 13.9. The van der Waals surface area contributed by atoms with Crippen molar-refractivity contribution in [3.63, 3.8) is 0 Å². The van der Waals surface area contributed by atoms with Crippen molar-refractivity contribution in [1.82, 2.24) is 9.62 Å². The molecule has 0 bridgehead atoms. The second-order valence-corrected chi connectivity index (χ2v) is 7.31. The number of nitrogens with one attached hydrogen (secondary N) is 1. The van der Waals surface area contributed by atoms with Crippen LogP contribution in [0.2, 0.25) is 0 Å². The van der Waals surface area contributed by atoms with Gasteiger partial charge in [-0.05, 0) is 43.5 Å². The highest BCUT2D eigenvalue weighted by Crippen LogP contribution is 2.30. The third-order valence-corrected chi connectivity index (χ3v) is 6.08.